The molecule has 0 N–H and O–H groups in total. The van der Waals surface area contributed by atoms with E-state index in [-0.39, 0.29) is 18.9 Å². The molecule has 0 saturated carbocycles. The number of nitrogens with zero attached hydrogens (tertiary/aromatic N) is 3. The highest BCUT2D eigenvalue weighted by Crippen LogP contribution is 2.29. The number of ether oxygens (including phenoxy) is 2. The lowest BCUT2D eigenvalue weighted by Crippen LogP contribution is -2.50. The number of anilines is 1. The van der Waals surface area contributed by atoms with E-state index >= 15 is 0 Å². The van der Waals surface area contributed by atoms with Gasteiger partial charge in [0, 0.05) is 35.8 Å². The molecule has 0 bridgehead atoms. The standard InChI is InChI=1S/C23H27N3O6/c1-3-31-23(28)20-11-13-25(15-21(20)26(29)30)18-10-12-24-22(14-18)32-19-8-6-17(7-9-19)5-4-16(2)27/h6-10,12,14,20-21H,3-5,11,13,15H2,1-2H3. The van der Waals surface area contributed by atoms with Crippen molar-refractivity contribution in [3.63, 3.8) is 0 Å². The van der Waals surface area contributed by atoms with Gasteiger partial charge in [-0.15, -0.1) is 0 Å². The van der Waals surface area contributed by atoms with Crippen LogP contribution in [0.1, 0.15) is 32.3 Å². The zero-order chi connectivity index (χ0) is 23.1. The van der Waals surface area contributed by atoms with Crippen molar-refractivity contribution in [3.05, 3.63) is 58.3 Å². The van der Waals surface area contributed by atoms with E-state index in [1.807, 2.05) is 29.2 Å². The molecule has 1 aromatic heterocycles. The first-order valence-corrected chi connectivity index (χ1v) is 10.6. The van der Waals surface area contributed by atoms with Crippen molar-refractivity contribution < 1.29 is 24.0 Å². The molecule has 1 fully saturated rings. The quantitative estimate of drug-likeness (QED) is 0.330. The summed E-state index contributed by atoms with van der Waals surface area (Å²) in [5.74, 6) is -0.147. The third-order valence-corrected chi connectivity index (χ3v) is 5.44. The highest BCUT2D eigenvalue weighted by Gasteiger charge is 2.43. The molecule has 1 aromatic carbocycles. The van der Waals surface area contributed by atoms with Gasteiger partial charge in [0.25, 0.3) is 0 Å². The van der Waals surface area contributed by atoms with Crippen LogP contribution in [0.4, 0.5) is 5.69 Å². The highest BCUT2D eigenvalue weighted by atomic mass is 16.6. The zero-order valence-corrected chi connectivity index (χ0v) is 18.2. The van der Waals surface area contributed by atoms with Crippen LogP contribution >= 0.6 is 0 Å². The minimum absolute atomic E-state index is 0.102. The topological polar surface area (TPSA) is 112 Å². The summed E-state index contributed by atoms with van der Waals surface area (Å²) in [6.07, 6.45) is 3.11. The fraction of sp³-hybridized carbons (Fsp3) is 0.435. The Hall–Kier alpha value is -3.49. The number of carbonyl (C=O) groups is 2. The molecule has 0 spiro atoms. The van der Waals surface area contributed by atoms with Crippen molar-refractivity contribution in [1.82, 2.24) is 4.98 Å². The number of aromatic nitrogens is 1. The lowest BCUT2D eigenvalue weighted by molar-refractivity contribution is -0.528. The van der Waals surface area contributed by atoms with Crippen molar-refractivity contribution >= 4 is 17.4 Å². The molecule has 9 nitrogen and oxygen atoms in total. The van der Waals surface area contributed by atoms with Crippen LogP contribution in [-0.4, -0.2) is 47.4 Å². The summed E-state index contributed by atoms with van der Waals surface area (Å²) in [6.45, 7) is 4.05. The van der Waals surface area contributed by atoms with Gasteiger partial charge in [-0.3, -0.25) is 14.9 Å². The van der Waals surface area contributed by atoms with Crippen LogP contribution in [0.3, 0.4) is 0 Å². The number of carbonyl (C=O) groups excluding carboxylic acids is 2. The smallest absolute Gasteiger partial charge is 0.316 e. The molecule has 0 amide bonds. The molecule has 1 aliphatic heterocycles. The van der Waals surface area contributed by atoms with E-state index in [0.717, 1.165) is 11.3 Å². The second-order valence-electron chi connectivity index (χ2n) is 7.75. The van der Waals surface area contributed by atoms with E-state index in [0.29, 0.717) is 37.4 Å². The molecule has 2 atom stereocenters. The number of esters is 1. The maximum Gasteiger partial charge on any atom is 0.316 e. The van der Waals surface area contributed by atoms with Gasteiger partial charge < -0.3 is 19.2 Å². The van der Waals surface area contributed by atoms with Gasteiger partial charge >= 0.3 is 5.97 Å². The Bertz CT molecular complexity index is 962. The minimum Gasteiger partial charge on any atom is -0.466 e. The van der Waals surface area contributed by atoms with Crippen molar-refractivity contribution in [3.8, 4) is 11.6 Å². The molecule has 2 unspecified atom stereocenters. The summed E-state index contributed by atoms with van der Waals surface area (Å²) >= 11 is 0. The van der Waals surface area contributed by atoms with Crippen molar-refractivity contribution in [2.24, 2.45) is 5.92 Å². The second kappa shape index (κ2) is 10.7. The maximum absolute atomic E-state index is 12.1. The third-order valence-electron chi connectivity index (χ3n) is 5.44. The predicted molar refractivity (Wildman–Crippen MR) is 117 cm³/mol. The largest absolute Gasteiger partial charge is 0.466 e. The number of ketones is 1. The monoisotopic (exact) mass is 441 g/mol. The Labute approximate surface area is 186 Å². The molecule has 0 radical (unpaired) electrons. The average molecular weight is 441 g/mol. The van der Waals surface area contributed by atoms with Gasteiger partial charge in [-0.1, -0.05) is 12.1 Å². The van der Waals surface area contributed by atoms with Gasteiger partial charge in [0.15, 0.2) is 0 Å². The van der Waals surface area contributed by atoms with Crippen molar-refractivity contribution in [2.75, 3.05) is 24.6 Å². The van der Waals surface area contributed by atoms with E-state index in [1.54, 1.807) is 32.2 Å². The number of nitro groups is 1. The van der Waals surface area contributed by atoms with Gasteiger partial charge in [-0.05, 0) is 50.5 Å². The number of pyridine rings is 1. The number of aryl methyl sites for hydroxylation is 1. The Morgan fingerprint density at radius 2 is 2.00 bits per heavy atom. The number of rotatable bonds is 9. The van der Waals surface area contributed by atoms with E-state index in [9.17, 15) is 19.7 Å². The molecular formula is C23H27N3O6. The van der Waals surface area contributed by atoms with Gasteiger partial charge in [0.1, 0.15) is 17.5 Å². The molecule has 170 valence electrons. The lowest BCUT2D eigenvalue weighted by atomic mass is 9.91. The SMILES string of the molecule is CCOC(=O)C1CCN(c2ccnc(Oc3ccc(CCC(C)=O)cc3)c2)CC1[N+](=O)[O-]. The Kier molecular flexibility index (Phi) is 7.75. The number of hydrogen-bond acceptors (Lipinski definition) is 8. The number of hydrogen-bond donors (Lipinski definition) is 0. The summed E-state index contributed by atoms with van der Waals surface area (Å²) in [7, 11) is 0. The molecule has 32 heavy (non-hydrogen) atoms. The Morgan fingerprint density at radius 3 is 2.66 bits per heavy atom. The van der Waals surface area contributed by atoms with E-state index < -0.39 is 22.9 Å². The maximum atomic E-state index is 12.1. The highest BCUT2D eigenvalue weighted by molar-refractivity contribution is 5.75. The Balaban J connectivity index is 1.67. The number of Topliss-reactive ketones (excluding diaryl/α,β-unsaturated/α-hetero) is 1. The van der Waals surface area contributed by atoms with Gasteiger partial charge in [0.05, 0.1) is 13.2 Å². The molecule has 9 heteroatoms. The summed E-state index contributed by atoms with van der Waals surface area (Å²) in [6, 6.07) is 9.90. The fourth-order valence-corrected chi connectivity index (χ4v) is 3.72. The zero-order valence-electron chi connectivity index (χ0n) is 18.2. The van der Waals surface area contributed by atoms with Crippen LogP contribution in [0, 0.1) is 16.0 Å². The van der Waals surface area contributed by atoms with Gasteiger partial charge in [-0.25, -0.2) is 4.98 Å². The lowest BCUT2D eigenvalue weighted by Gasteiger charge is -2.34. The normalized spacial score (nSPS) is 18.1. The molecular weight excluding hydrogens is 414 g/mol. The first-order valence-electron chi connectivity index (χ1n) is 10.6. The number of benzene rings is 1. The summed E-state index contributed by atoms with van der Waals surface area (Å²) in [5.41, 5.74) is 1.78. The van der Waals surface area contributed by atoms with E-state index in [1.165, 1.54) is 0 Å². The molecule has 0 aliphatic carbocycles. The van der Waals surface area contributed by atoms with Crippen molar-refractivity contribution in [2.45, 2.75) is 39.2 Å². The first-order chi connectivity index (χ1) is 15.4. The molecule has 1 aliphatic rings. The molecule has 2 aromatic rings. The van der Waals surface area contributed by atoms with E-state index in [4.69, 9.17) is 9.47 Å². The van der Waals surface area contributed by atoms with Crippen LogP contribution in [0.2, 0.25) is 0 Å². The summed E-state index contributed by atoms with van der Waals surface area (Å²) in [4.78, 5) is 40.5. The minimum atomic E-state index is -1.04. The molecule has 1 saturated heterocycles. The van der Waals surface area contributed by atoms with Crippen LogP contribution in [0.25, 0.3) is 0 Å². The van der Waals surface area contributed by atoms with Crippen molar-refractivity contribution in [1.29, 1.82) is 0 Å². The summed E-state index contributed by atoms with van der Waals surface area (Å²) < 4.78 is 10.9. The summed E-state index contributed by atoms with van der Waals surface area (Å²) in [5, 5.41) is 11.6. The number of piperidine rings is 1. The fourth-order valence-electron chi connectivity index (χ4n) is 3.72. The van der Waals surface area contributed by atoms with Crippen LogP contribution in [0.15, 0.2) is 42.6 Å². The third kappa shape index (κ3) is 6.03. The Morgan fingerprint density at radius 1 is 1.25 bits per heavy atom. The second-order valence-corrected chi connectivity index (χ2v) is 7.75. The van der Waals surface area contributed by atoms with Crippen LogP contribution in [-0.2, 0) is 20.7 Å². The average Bonchev–Trinajstić information content (AvgIpc) is 2.78. The molecule has 2 heterocycles. The first kappa shape index (κ1) is 23.2. The van der Waals surface area contributed by atoms with E-state index in [2.05, 4.69) is 4.98 Å². The molecule has 3 rings (SSSR count). The predicted octanol–water partition coefficient (Wildman–Crippen LogP) is 3.43. The van der Waals surface area contributed by atoms with Gasteiger partial charge in [-0.2, -0.15) is 0 Å². The van der Waals surface area contributed by atoms with Gasteiger partial charge in [0.2, 0.25) is 11.9 Å². The van der Waals surface area contributed by atoms with Crippen LogP contribution < -0.4 is 9.64 Å². The van der Waals surface area contributed by atoms with Crippen LogP contribution in [0.5, 0.6) is 11.6 Å².